The van der Waals surface area contributed by atoms with Gasteiger partial charge in [-0.25, -0.2) is 4.98 Å². The lowest BCUT2D eigenvalue weighted by Crippen LogP contribution is -2.11. The van der Waals surface area contributed by atoms with Crippen LogP contribution < -0.4 is 11.1 Å². The first kappa shape index (κ1) is 14.2. The number of nitrogens with zero attached hydrogens (tertiary/aromatic N) is 1. The van der Waals surface area contributed by atoms with Crippen LogP contribution >= 0.6 is 11.3 Å². The fraction of sp³-hybridized carbons (Fsp3) is 0.0625. The van der Waals surface area contributed by atoms with Crippen molar-refractivity contribution in [3.8, 4) is 0 Å². The van der Waals surface area contributed by atoms with Crippen LogP contribution in [0.2, 0.25) is 0 Å². The first-order valence-electron chi connectivity index (χ1n) is 6.62. The van der Waals surface area contributed by atoms with Crippen LogP contribution in [0.25, 0.3) is 10.2 Å². The molecule has 2 aromatic heterocycles. The van der Waals surface area contributed by atoms with Gasteiger partial charge in [0.25, 0.3) is 5.91 Å². The summed E-state index contributed by atoms with van der Waals surface area (Å²) in [5.41, 5.74) is 7.49. The van der Waals surface area contributed by atoms with Crippen LogP contribution in [-0.4, -0.2) is 16.7 Å². The molecule has 0 bridgehead atoms. The molecule has 6 heteroatoms. The molecule has 0 spiro atoms. The van der Waals surface area contributed by atoms with Gasteiger partial charge in [0.15, 0.2) is 5.78 Å². The molecule has 2 heterocycles. The predicted molar refractivity (Wildman–Crippen MR) is 88.4 cm³/mol. The maximum atomic E-state index is 12.3. The Morgan fingerprint density at radius 3 is 2.55 bits per heavy atom. The average molecular weight is 311 g/mol. The highest BCUT2D eigenvalue weighted by atomic mass is 32.1. The molecule has 0 fully saturated rings. The van der Waals surface area contributed by atoms with E-state index in [1.807, 2.05) is 18.2 Å². The third kappa shape index (κ3) is 2.56. The van der Waals surface area contributed by atoms with E-state index in [0.717, 1.165) is 0 Å². The van der Waals surface area contributed by atoms with Gasteiger partial charge in [-0.1, -0.05) is 18.2 Å². The summed E-state index contributed by atoms with van der Waals surface area (Å²) in [7, 11) is 0. The van der Waals surface area contributed by atoms with E-state index in [2.05, 4.69) is 10.3 Å². The zero-order valence-electron chi connectivity index (χ0n) is 11.8. The number of amides is 1. The number of aromatic nitrogens is 1. The van der Waals surface area contributed by atoms with Crippen molar-refractivity contribution in [1.82, 2.24) is 4.98 Å². The molecule has 0 radical (unpaired) electrons. The standard InChI is InChI=1S/C16H13N3O2S/c1-9(20)12-8-7-11-13(17)14(22-16(11)19-12)15(21)18-10-5-3-2-4-6-10/h2-8H,17H2,1H3,(H,18,21). The minimum Gasteiger partial charge on any atom is -0.397 e. The topological polar surface area (TPSA) is 85.1 Å². The van der Waals surface area contributed by atoms with E-state index in [1.165, 1.54) is 18.3 Å². The summed E-state index contributed by atoms with van der Waals surface area (Å²) in [6, 6.07) is 12.5. The van der Waals surface area contributed by atoms with Crippen molar-refractivity contribution in [2.45, 2.75) is 6.92 Å². The van der Waals surface area contributed by atoms with E-state index < -0.39 is 0 Å². The van der Waals surface area contributed by atoms with Gasteiger partial charge in [0.2, 0.25) is 0 Å². The molecule has 110 valence electrons. The van der Waals surface area contributed by atoms with Crippen LogP contribution in [0.4, 0.5) is 11.4 Å². The number of nitrogens with two attached hydrogens (primary N) is 1. The highest BCUT2D eigenvalue weighted by molar-refractivity contribution is 7.21. The van der Waals surface area contributed by atoms with Crippen LogP contribution in [0.5, 0.6) is 0 Å². The Morgan fingerprint density at radius 2 is 1.86 bits per heavy atom. The third-order valence-corrected chi connectivity index (χ3v) is 4.31. The van der Waals surface area contributed by atoms with Crippen LogP contribution in [0.15, 0.2) is 42.5 Å². The summed E-state index contributed by atoms with van der Waals surface area (Å²) >= 11 is 1.18. The van der Waals surface area contributed by atoms with Gasteiger partial charge in [0.05, 0.1) is 5.69 Å². The highest BCUT2D eigenvalue weighted by Gasteiger charge is 2.18. The molecule has 0 unspecified atom stereocenters. The summed E-state index contributed by atoms with van der Waals surface area (Å²) in [6.45, 7) is 1.45. The molecule has 3 aromatic rings. The van der Waals surface area contributed by atoms with Crippen molar-refractivity contribution >= 4 is 44.6 Å². The number of nitrogen functional groups attached to an aromatic ring is 1. The zero-order chi connectivity index (χ0) is 15.7. The Bertz CT molecular complexity index is 872. The quantitative estimate of drug-likeness (QED) is 0.726. The Hall–Kier alpha value is -2.73. The number of anilines is 2. The summed E-state index contributed by atoms with van der Waals surface area (Å²) in [5.74, 6) is -0.403. The zero-order valence-corrected chi connectivity index (χ0v) is 12.6. The molecule has 3 N–H and O–H groups in total. The van der Waals surface area contributed by atoms with Crippen molar-refractivity contribution < 1.29 is 9.59 Å². The maximum absolute atomic E-state index is 12.3. The molecule has 1 aromatic carbocycles. The molecular formula is C16H13N3O2S. The van der Waals surface area contributed by atoms with Gasteiger partial charge in [-0.2, -0.15) is 0 Å². The van der Waals surface area contributed by atoms with E-state index >= 15 is 0 Å². The molecule has 22 heavy (non-hydrogen) atoms. The van der Waals surface area contributed by atoms with Crippen molar-refractivity contribution in [2.24, 2.45) is 0 Å². The monoisotopic (exact) mass is 311 g/mol. The number of pyridine rings is 1. The van der Waals surface area contributed by atoms with Crippen LogP contribution in [-0.2, 0) is 0 Å². The van der Waals surface area contributed by atoms with Crippen LogP contribution in [0.1, 0.15) is 27.1 Å². The minimum atomic E-state index is -0.281. The van der Waals surface area contributed by atoms with E-state index in [0.29, 0.717) is 32.2 Å². The van der Waals surface area contributed by atoms with Gasteiger partial charge >= 0.3 is 0 Å². The molecule has 0 aliphatic rings. The maximum Gasteiger partial charge on any atom is 0.267 e. The molecule has 1 amide bonds. The number of para-hydroxylation sites is 1. The van der Waals surface area contributed by atoms with E-state index in [4.69, 9.17) is 5.73 Å². The van der Waals surface area contributed by atoms with Crippen molar-refractivity contribution in [1.29, 1.82) is 0 Å². The van der Waals surface area contributed by atoms with E-state index in [9.17, 15) is 9.59 Å². The smallest absolute Gasteiger partial charge is 0.267 e. The number of fused-ring (bicyclic) bond motifs is 1. The van der Waals surface area contributed by atoms with Gasteiger partial charge in [0.1, 0.15) is 15.4 Å². The first-order chi connectivity index (χ1) is 10.6. The SMILES string of the molecule is CC(=O)c1ccc2c(N)c(C(=O)Nc3ccccc3)sc2n1. The van der Waals surface area contributed by atoms with Gasteiger partial charge in [-0.05, 0) is 24.3 Å². The lowest BCUT2D eigenvalue weighted by atomic mass is 10.2. The fourth-order valence-electron chi connectivity index (χ4n) is 2.07. The summed E-state index contributed by atoms with van der Waals surface area (Å²) < 4.78 is 0. The normalized spacial score (nSPS) is 10.6. The average Bonchev–Trinajstić information content (AvgIpc) is 2.85. The number of hydrogen-bond donors (Lipinski definition) is 2. The van der Waals surface area contributed by atoms with Crippen molar-refractivity contribution in [3.63, 3.8) is 0 Å². The molecule has 0 atom stereocenters. The fourth-order valence-corrected chi connectivity index (χ4v) is 3.06. The van der Waals surface area contributed by atoms with Crippen molar-refractivity contribution in [2.75, 3.05) is 11.1 Å². The number of rotatable bonds is 3. The predicted octanol–water partition coefficient (Wildman–Crippen LogP) is 3.33. The Balaban J connectivity index is 1.98. The minimum absolute atomic E-state index is 0.121. The summed E-state index contributed by atoms with van der Waals surface area (Å²) in [5, 5.41) is 3.48. The number of benzene rings is 1. The van der Waals surface area contributed by atoms with E-state index in [1.54, 1.807) is 24.3 Å². The highest BCUT2D eigenvalue weighted by Crippen LogP contribution is 2.33. The van der Waals surface area contributed by atoms with Gasteiger partial charge < -0.3 is 11.1 Å². The lowest BCUT2D eigenvalue weighted by Gasteiger charge is -2.03. The number of carbonyl (C=O) groups is 2. The molecule has 3 rings (SSSR count). The lowest BCUT2D eigenvalue weighted by molar-refractivity contribution is 0.101. The molecule has 0 saturated carbocycles. The number of hydrogen-bond acceptors (Lipinski definition) is 5. The number of nitrogens with one attached hydrogen (secondary N) is 1. The van der Waals surface area contributed by atoms with Gasteiger partial charge in [0, 0.05) is 18.0 Å². The summed E-state index contributed by atoms with van der Waals surface area (Å²) in [4.78, 5) is 29.0. The second-order valence-electron chi connectivity index (χ2n) is 4.77. The number of Topliss-reactive ketones (excluding diaryl/α,β-unsaturated/α-hetero) is 1. The Labute approximate surface area is 130 Å². The molecule has 0 aliphatic heterocycles. The van der Waals surface area contributed by atoms with E-state index in [-0.39, 0.29) is 11.7 Å². The van der Waals surface area contributed by atoms with Crippen LogP contribution in [0.3, 0.4) is 0 Å². The van der Waals surface area contributed by atoms with Gasteiger partial charge in [-0.3, -0.25) is 9.59 Å². The second-order valence-corrected chi connectivity index (χ2v) is 5.77. The number of thiophene rings is 1. The second kappa shape index (κ2) is 5.57. The Kier molecular flexibility index (Phi) is 3.60. The van der Waals surface area contributed by atoms with Gasteiger partial charge in [-0.15, -0.1) is 11.3 Å². The molecular weight excluding hydrogens is 298 g/mol. The largest absolute Gasteiger partial charge is 0.397 e. The molecule has 0 saturated heterocycles. The first-order valence-corrected chi connectivity index (χ1v) is 7.44. The Morgan fingerprint density at radius 1 is 1.14 bits per heavy atom. The molecule has 0 aliphatic carbocycles. The van der Waals surface area contributed by atoms with Crippen molar-refractivity contribution in [3.05, 3.63) is 53.0 Å². The third-order valence-electron chi connectivity index (χ3n) is 3.19. The number of carbonyl (C=O) groups excluding carboxylic acids is 2. The molecule has 5 nitrogen and oxygen atoms in total. The number of ketones is 1. The summed E-state index contributed by atoms with van der Waals surface area (Å²) in [6.07, 6.45) is 0. The van der Waals surface area contributed by atoms with Crippen LogP contribution in [0, 0.1) is 0 Å².